The van der Waals surface area contributed by atoms with Crippen molar-refractivity contribution >= 4 is 0 Å². The van der Waals surface area contributed by atoms with Gasteiger partial charge < -0.3 is 0 Å². The van der Waals surface area contributed by atoms with Crippen molar-refractivity contribution in [3.63, 3.8) is 0 Å². The lowest BCUT2D eigenvalue weighted by Crippen LogP contribution is -2.42. The van der Waals surface area contributed by atoms with Gasteiger partial charge in [-0.15, -0.1) is 0 Å². The number of halogens is 3. The molecule has 0 N–H and O–H groups in total. The predicted molar refractivity (Wildman–Crippen MR) is 58.0 cm³/mol. The first-order valence-corrected chi connectivity index (χ1v) is 5.01. The summed E-state index contributed by atoms with van der Waals surface area (Å²) in [7, 11) is 2.12. The van der Waals surface area contributed by atoms with Gasteiger partial charge in [0.25, 0.3) is 5.56 Å². The van der Waals surface area contributed by atoms with Crippen LogP contribution in [0.15, 0.2) is 9.59 Å². The van der Waals surface area contributed by atoms with E-state index in [2.05, 4.69) is 0 Å². The summed E-state index contributed by atoms with van der Waals surface area (Å²) in [6.45, 7) is 5.05. The van der Waals surface area contributed by atoms with E-state index in [0.717, 1.165) is 21.0 Å². The fraction of sp³-hybridized carbons (Fsp3) is 0.600. The maximum atomic E-state index is 12.5. The molecule has 0 spiro atoms. The highest BCUT2D eigenvalue weighted by atomic mass is 19.4. The van der Waals surface area contributed by atoms with Gasteiger partial charge in [0, 0.05) is 19.7 Å². The van der Waals surface area contributed by atoms with Crippen LogP contribution in [0.3, 0.4) is 0 Å². The van der Waals surface area contributed by atoms with Gasteiger partial charge in [-0.05, 0) is 6.92 Å². The summed E-state index contributed by atoms with van der Waals surface area (Å²) >= 11 is 0. The van der Waals surface area contributed by atoms with Gasteiger partial charge in [0.05, 0.1) is 0 Å². The summed E-state index contributed by atoms with van der Waals surface area (Å²) < 4.78 is 38.6. The van der Waals surface area contributed by atoms with Crippen LogP contribution >= 0.6 is 0 Å². The van der Waals surface area contributed by atoms with Gasteiger partial charge in [0.2, 0.25) is 0 Å². The van der Waals surface area contributed by atoms with Crippen LogP contribution in [0, 0.1) is 6.92 Å². The zero-order valence-corrected chi connectivity index (χ0v) is 10.3. The van der Waals surface area contributed by atoms with Crippen molar-refractivity contribution in [2.24, 2.45) is 14.1 Å². The van der Waals surface area contributed by atoms with Crippen LogP contribution in [0.1, 0.15) is 25.1 Å². The summed E-state index contributed by atoms with van der Waals surface area (Å²) in [5.41, 5.74) is -3.59. The largest absolute Gasteiger partial charge is 0.432 e. The highest BCUT2D eigenvalue weighted by Gasteiger charge is 2.37. The number of nitrogens with zero attached hydrogens (tertiary/aromatic N) is 2. The number of aromatic nitrogens is 2. The lowest BCUT2D eigenvalue weighted by molar-refractivity contribution is -0.144. The first-order valence-electron chi connectivity index (χ1n) is 5.01. The summed E-state index contributed by atoms with van der Waals surface area (Å²) in [5, 5.41) is 0. The van der Waals surface area contributed by atoms with Gasteiger partial charge in [-0.1, -0.05) is 13.8 Å². The molecule has 7 heteroatoms. The quantitative estimate of drug-likeness (QED) is 0.701. The summed E-state index contributed by atoms with van der Waals surface area (Å²) in [6, 6.07) is 0. The maximum Gasteiger partial charge on any atom is 0.432 e. The third-order valence-electron chi connectivity index (χ3n) is 2.16. The van der Waals surface area contributed by atoms with E-state index in [9.17, 15) is 22.8 Å². The summed E-state index contributed by atoms with van der Waals surface area (Å²) in [6.07, 6.45) is -4.70. The molecule has 17 heavy (non-hydrogen) atoms. The van der Waals surface area contributed by atoms with Crippen LogP contribution in [0.2, 0.25) is 0 Å². The highest BCUT2D eigenvalue weighted by molar-refractivity contribution is 5.19. The van der Waals surface area contributed by atoms with E-state index in [-0.39, 0.29) is 0 Å². The lowest BCUT2D eigenvalue weighted by Gasteiger charge is -2.14. The van der Waals surface area contributed by atoms with Gasteiger partial charge in [-0.3, -0.25) is 13.9 Å². The van der Waals surface area contributed by atoms with Crippen LogP contribution in [0.25, 0.3) is 0 Å². The van der Waals surface area contributed by atoms with Crippen LogP contribution in [-0.4, -0.2) is 9.13 Å². The Balaban J connectivity index is 0.00000121. The molecule has 0 aliphatic rings. The Morgan fingerprint density at radius 3 is 1.76 bits per heavy atom. The molecule has 0 aliphatic heterocycles. The number of hydrogen-bond acceptors (Lipinski definition) is 2. The molecule has 0 aromatic carbocycles. The Bertz CT molecular complexity index is 475. The molecule has 0 amide bonds. The van der Waals surface area contributed by atoms with Crippen LogP contribution in [0.5, 0.6) is 0 Å². The van der Waals surface area contributed by atoms with Gasteiger partial charge in [0.1, 0.15) is 5.69 Å². The van der Waals surface area contributed by atoms with Gasteiger partial charge in [0.15, 0.2) is 0 Å². The minimum atomic E-state index is -4.70. The molecule has 98 valence electrons. The Kier molecular flexibility index (Phi) is 4.73. The first kappa shape index (κ1) is 15.5. The average molecular weight is 252 g/mol. The minimum absolute atomic E-state index is 0.427. The first-order chi connectivity index (χ1) is 7.68. The standard InChI is InChI=1S/C8H9F3N2O2.C2H6/c1-4-5(8(9,10)11)12(2)7(15)13(3)6(4)14;1-2/h1-3H3;1-2H3. The predicted octanol–water partition coefficient (Wildman–Crippen LogP) is 1.44. The zero-order chi connectivity index (χ0) is 14.0. The second-order valence-electron chi connectivity index (χ2n) is 3.18. The fourth-order valence-electron chi connectivity index (χ4n) is 1.41. The molecule has 0 unspecified atom stereocenters. The third-order valence-corrected chi connectivity index (χ3v) is 2.16. The number of rotatable bonds is 0. The summed E-state index contributed by atoms with van der Waals surface area (Å²) in [5.74, 6) is 0. The van der Waals surface area contributed by atoms with Crippen molar-refractivity contribution in [2.45, 2.75) is 26.9 Å². The molecule has 1 aromatic heterocycles. The molecule has 1 heterocycles. The van der Waals surface area contributed by atoms with E-state index >= 15 is 0 Å². The molecule has 1 aromatic rings. The number of hydrogen-bond donors (Lipinski definition) is 0. The zero-order valence-electron chi connectivity index (χ0n) is 10.3. The maximum absolute atomic E-state index is 12.5. The van der Waals surface area contributed by atoms with Crippen molar-refractivity contribution < 1.29 is 13.2 Å². The topological polar surface area (TPSA) is 44.0 Å². The van der Waals surface area contributed by atoms with Crippen molar-refractivity contribution in [3.8, 4) is 0 Å². The lowest BCUT2D eigenvalue weighted by atomic mass is 10.2. The Morgan fingerprint density at radius 1 is 1.00 bits per heavy atom. The molecule has 0 saturated carbocycles. The molecule has 0 radical (unpaired) electrons. The minimum Gasteiger partial charge on any atom is -0.292 e. The second-order valence-corrected chi connectivity index (χ2v) is 3.18. The molecule has 4 nitrogen and oxygen atoms in total. The Labute approximate surface area is 96.3 Å². The highest BCUT2D eigenvalue weighted by Crippen LogP contribution is 2.28. The van der Waals surface area contributed by atoms with E-state index in [1.54, 1.807) is 0 Å². The Hall–Kier alpha value is -1.53. The van der Waals surface area contributed by atoms with Crippen LogP contribution in [-0.2, 0) is 20.3 Å². The third kappa shape index (κ3) is 2.78. The fourth-order valence-corrected chi connectivity index (χ4v) is 1.41. The van der Waals surface area contributed by atoms with E-state index in [1.165, 1.54) is 0 Å². The SMILES string of the molecule is CC.Cc1c(C(F)(F)F)n(C)c(=O)n(C)c1=O. The van der Waals surface area contributed by atoms with E-state index in [4.69, 9.17) is 0 Å². The molecule has 0 fully saturated rings. The number of alkyl halides is 3. The van der Waals surface area contributed by atoms with Crippen molar-refractivity contribution in [2.75, 3.05) is 0 Å². The average Bonchev–Trinajstić information content (AvgIpc) is 2.25. The van der Waals surface area contributed by atoms with Crippen LogP contribution < -0.4 is 11.2 Å². The van der Waals surface area contributed by atoms with Crippen molar-refractivity contribution in [1.82, 2.24) is 9.13 Å². The molecule has 0 saturated heterocycles. The van der Waals surface area contributed by atoms with E-state index < -0.39 is 28.7 Å². The van der Waals surface area contributed by atoms with Gasteiger partial charge in [-0.2, -0.15) is 13.2 Å². The van der Waals surface area contributed by atoms with Crippen molar-refractivity contribution in [1.29, 1.82) is 0 Å². The van der Waals surface area contributed by atoms with Crippen LogP contribution in [0.4, 0.5) is 13.2 Å². The van der Waals surface area contributed by atoms with Crippen molar-refractivity contribution in [3.05, 3.63) is 32.1 Å². The Morgan fingerprint density at radius 2 is 1.41 bits per heavy atom. The molecular formula is C10H15F3N2O2. The molecule has 0 aliphatic carbocycles. The smallest absolute Gasteiger partial charge is 0.292 e. The van der Waals surface area contributed by atoms with E-state index in [1.807, 2.05) is 13.8 Å². The van der Waals surface area contributed by atoms with Gasteiger partial charge >= 0.3 is 11.9 Å². The summed E-state index contributed by atoms with van der Waals surface area (Å²) in [4.78, 5) is 22.5. The molecule has 0 atom stereocenters. The van der Waals surface area contributed by atoms with E-state index in [0.29, 0.717) is 9.13 Å². The monoisotopic (exact) mass is 252 g/mol. The molecule has 0 bridgehead atoms. The molecular weight excluding hydrogens is 237 g/mol. The molecule has 1 rings (SSSR count). The second kappa shape index (κ2) is 5.20. The van der Waals surface area contributed by atoms with Gasteiger partial charge in [-0.25, -0.2) is 4.79 Å². The normalized spacial score (nSPS) is 10.8.